The Morgan fingerprint density at radius 1 is 1.46 bits per heavy atom. The van der Waals surface area contributed by atoms with Crippen LogP contribution in [0.15, 0.2) is 18.2 Å². The zero-order valence-electron chi connectivity index (χ0n) is 7.89. The number of anilines is 1. The van der Waals surface area contributed by atoms with Crippen LogP contribution in [-0.2, 0) is 6.42 Å². The number of aryl methyl sites for hydroxylation is 1. The molecule has 1 aromatic carbocycles. The average Bonchev–Trinajstić information content (AvgIpc) is 2.59. The van der Waals surface area contributed by atoms with Crippen molar-refractivity contribution in [1.82, 2.24) is 10.2 Å². The Labute approximate surface area is 77.2 Å². The van der Waals surface area contributed by atoms with Crippen LogP contribution >= 0.6 is 0 Å². The number of aromatic nitrogens is 2. The third kappa shape index (κ3) is 1.26. The van der Waals surface area contributed by atoms with Crippen molar-refractivity contribution in [3.8, 4) is 0 Å². The van der Waals surface area contributed by atoms with Crippen LogP contribution in [0.25, 0.3) is 10.9 Å². The highest BCUT2D eigenvalue weighted by atomic mass is 15.1. The van der Waals surface area contributed by atoms with Crippen molar-refractivity contribution in [1.29, 1.82) is 0 Å². The monoisotopic (exact) mass is 175 g/mol. The van der Waals surface area contributed by atoms with Crippen LogP contribution in [0.5, 0.6) is 0 Å². The Morgan fingerprint density at radius 2 is 2.31 bits per heavy atom. The molecule has 0 fully saturated rings. The fourth-order valence-electron chi connectivity index (χ4n) is 1.49. The van der Waals surface area contributed by atoms with Crippen LogP contribution in [0.4, 0.5) is 5.69 Å². The third-order valence-corrected chi connectivity index (χ3v) is 2.28. The van der Waals surface area contributed by atoms with E-state index >= 15 is 0 Å². The van der Waals surface area contributed by atoms with Gasteiger partial charge in [-0.25, -0.2) is 0 Å². The molecule has 2 N–H and O–H groups in total. The van der Waals surface area contributed by atoms with Crippen LogP contribution < -0.4 is 5.32 Å². The Balaban J connectivity index is 2.64. The highest BCUT2D eigenvalue weighted by Crippen LogP contribution is 2.20. The van der Waals surface area contributed by atoms with E-state index in [1.54, 1.807) is 0 Å². The van der Waals surface area contributed by atoms with E-state index in [0.29, 0.717) is 0 Å². The summed E-state index contributed by atoms with van der Waals surface area (Å²) in [6.45, 7) is 2.12. The van der Waals surface area contributed by atoms with Gasteiger partial charge in [0.15, 0.2) is 0 Å². The summed E-state index contributed by atoms with van der Waals surface area (Å²) in [7, 11) is 1.92. The molecular formula is C10H13N3. The van der Waals surface area contributed by atoms with E-state index in [-0.39, 0.29) is 0 Å². The molecule has 0 saturated heterocycles. The molecule has 0 unspecified atom stereocenters. The molecule has 0 saturated carbocycles. The standard InChI is InChI=1S/C10H13N3/c1-3-9-8-6-7(11-2)4-5-10(8)13-12-9/h4-6,11H,3H2,1-2H3,(H,12,13). The molecule has 0 bridgehead atoms. The molecule has 1 heterocycles. The van der Waals surface area contributed by atoms with Crippen molar-refractivity contribution in [2.24, 2.45) is 0 Å². The van der Waals surface area contributed by atoms with E-state index < -0.39 is 0 Å². The Hall–Kier alpha value is -1.51. The van der Waals surface area contributed by atoms with E-state index in [1.165, 1.54) is 11.1 Å². The minimum atomic E-state index is 0.990. The number of aromatic amines is 1. The lowest BCUT2D eigenvalue weighted by atomic mass is 10.1. The van der Waals surface area contributed by atoms with Crippen molar-refractivity contribution < 1.29 is 0 Å². The van der Waals surface area contributed by atoms with Gasteiger partial charge in [-0.05, 0) is 24.6 Å². The average molecular weight is 175 g/mol. The molecule has 0 amide bonds. The van der Waals surface area contributed by atoms with Crippen LogP contribution in [0.1, 0.15) is 12.6 Å². The molecule has 0 aliphatic heterocycles. The molecule has 2 aromatic rings. The quantitative estimate of drug-likeness (QED) is 0.734. The molecule has 0 atom stereocenters. The normalized spacial score (nSPS) is 10.6. The molecule has 68 valence electrons. The summed E-state index contributed by atoms with van der Waals surface area (Å²) in [4.78, 5) is 0. The zero-order valence-corrected chi connectivity index (χ0v) is 7.89. The molecule has 0 spiro atoms. The summed E-state index contributed by atoms with van der Waals surface area (Å²) < 4.78 is 0. The zero-order chi connectivity index (χ0) is 9.26. The number of hydrogen-bond donors (Lipinski definition) is 2. The number of nitrogens with one attached hydrogen (secondary N) is 2. The number of nitrogens with zero attached hydrogens (tertiary/aromatic N) is 1. The van der Waals surface area contributed by atoms with Gasteiger partial charge in [0, 0.05) is 23.8 Å². The first-order valence-electron chi connectivity index (χ1n) is 4.50. The molecule has 13 heavy (non-hydrogen) atoms. The van der Waals surface area contributed by atoms with Gasteiger partial charge in [0.2, 0.25) is 0 Å². The van der Waals surface area contributed by atoms with Gasteiger partial charge >= 0.3 is 0 Å². The number of rotatable bonds is 2. The van der Waals surface area contributed by atoms with Crippen LogP contribution in [0.2, 0.25) is 0 Å². The van der Waals surface area contributed by atoms with Gasteiger partial charge in [-0.1, -0.05) is 6.92 Å². The first kappa shape index (κ1) is 8.10. The van der Waals surface area contributed by atoms with Gasteiger partial charge in [-0.15, -0.1) is 0 Å². The highest BCUT2D eigenvalue weighted by Gasteiger charge is 2.02. The van der Waals surface area contributed by atoms with Gasteiger partial charge in [0.25, 0.3) is 0 Å². The number of hydrogen-bond acceptors (Lipinski definition) is 2. The Kier molecular flexibility index (Phi) is 1.93. The number of benzene rings is 1. The fraction of sp³-hybridized carbons (Fsp3) is 0.300. The van der Waals surface area contributed by atoms with E-state index in [9.17, 15) is 0 Å². The van der Waals surface area contributed by atoms with Crippen molar-refractivity contribution in [3.63, 3.8) is 0 Å². The SMILES string of the molecule is CCc1[nH]nc2ccc(NC)cc12. The maximum Gasteiger partial charge on any atom is 0.0925 e. The summed E-state index contributed by atoms with van der Waals surface area (Å²) in [6, 6.07) is 6.18. The minimum Gasteiger partial charge on any atom is -0.388 e. The predicted molar refractivity (Wildman–Crippen MR) is 55.0 cm³/mol. The van der Waals surface area contributed by atoms with Crippen molar-refractivity contribution in [2.45, 2.75) is 13.3 Å². The minimum absolute atomic E-state index is 0.990. The van der Waals surface area contributed by atoms with E-state index in [4.69, 9.17) is 0 Å². The summed E-state index contributed by atoms with van der Waals surface area (Å²) in [5.41, 5.74) is 3.37. The van der Waals surface area contributed by atoms with E-state index in [1.807, 2.05) is 19.2 Å². The Bertz CT molecular complexity index is 417. The van der Waals surface area contributed by atoms with Gasteiger partial charge in [-0.3, -0.25) is 5.10 Å². The maximum atomic E-state index is 4.21. The lowest BCUT2D eigenvalue weighted by molar-refractivity contribution is 0.988. The fourth-order valence-corrected chi connectivity index (χ4v) is 1.49. The van der Waals surface area contributed by atoms with Gasteiger partial charge in [0.1, 0.15) is 0 Å². The first-order valence-corrected chi connectivity index (χ1v) is 4.50. The maximum absolute atomic E-state index is 4.21. The van der Waals surface area contributed by atoms with Crippen LogP contribution in [0, 0.1) is 0 Å². The van der Waals surface area contributed by atoms with Gasteiger partial charge in [-0.2, -0.15) is 5.10 Å². The lowest BCUT2D eigenvalue weighted by Crippen LogP contribution is -1.87. The largest absolute Gasteiger partial charge is 0.388 e. The summed E-state index contributed by atoms with van der Waals surface area (Å²) in [5, 5.41) is 11.6. The molecule has 0 aliphatic carbocycles. The number of fused-ring (bicyclic) bond motifs is 1. The van der Waals surface area contributed by atoms with Crippen molar-refractivity contribution >= 4 is 16.6 Å². The molecule has 0 aliphatic rings. The summed E-state index contributed by atoms with van der Waals surface area (Å²) in [6.07, 6.45) is 0.990. The summed E-state index contributed by atoms with van der Waals surface area (Å²) >= 11 is 0. The van der Waals surface area contributed by atoms with Crippen LogP contribution in [-0.4, -0.2) is 17.2 Å². The highest BCUT2D eigenvalue weighted by molar-refractivity contribution is 5.84. The van der Waals surface area contributed by atoms with Crippen molar-refractivity contribution in [2.75, 3.05) is 12.4 Å². The predicted octanol–water partition coefficient (Wildman–Crippen LogP) is 2.17. The summed E-state index contributed by atoms with van der Waals surface area (Å²) in [5.74, 6) is 0. The molecule has 3 heteroatoms. The second-order valence-electron chi connectivity index (χ2n) is 3.04. The Morgan fingerprint density at radius 3 is 3.00 bits per heavy atom. The first-order chi connectivity index (χ1) is 6.35. The van der Waals surface area contributed by atoms with Crippen LogP contribution in [0.3, 0.4) is 0 Å². The second kappa shape index (κ2) is 3.09. The van der Waals surface area contributed by atoms with Gasteiger partial charge in [0.05, 0.1) is 5.52 Å². The molecule has 0 radical (unpaired) electrons. The molecule has 1 aromatic heterocycles. The van der Waals surface area contributed by atoms with E-state index in [0.717, 1.165) is 17.6 Å². The van der Waals surface area contributed by atoms with Crippen molar-refractivity contribution in [3.05, 3.63) is 23.9 Å². The molecular weight excluding hydrogens is 162 g/mol. The third-order valence-electron chi connectivity index (χ3n) is 2.28. The smallest absolute Gasteiger partial charge is 0.0925 e. The van der Waals surface area contributed by atoms with Gasteiger partial charge < -0.3 is 5.32 Å². The molecule has 2 rings (SSSR count). The topological polar surface area (TPSA) is 40.7 Å². The molecule has 3 nitrogen and oxygen atoms in total. The second-order valence-corrected chi connectivity index (χ2v) is 3.04. The lowest BCUT2D eigenvalue weighted by Gasteiger charge is -1.99. The van der Waals surface area contributed by atoms with E-state index in [2.05, 4.69) is 28.5 Å². The number of H-pyrrole nitrogens is 1.